The van der Waals surface area contributed by atoms with E-state index in [0.717, 1.165) is 18.2 Å². The van der Waals surface area contributed by atoms with Gasteiger partial charge in [-0.05, 0) is 17.7 Å². The molecule has 0 aliphatic rings. The minimum absolute atomic E-state index is 0.0376. The summed E-state index contributed by atoms with van der Waals surface area (Å²) in [6.45, 7) is 0. The number of rotatable bonds is 3. The molecule has 0 amide bonds. The van der Waals surface area contributed by atoms with E-state index in [1.165, 1.54) is 13.2 Å². The highest BCUT2D eigenvalue weighted by Gasteiger charge is 2.33. The summed E-state index contributed by atoms with van der Waals surface area (Å²) in [6, 6.07) is 3.20. The molecule has 4 nitrogen and oxygen atoms in total. The summed E-state index contributed by atoms with van der Waals surface area (Å²) in [5.41, 5.74) is -1.26. The standard InChI is InChI=1S/C10H8F3NO3/c1-17-8-3-2-7(4-5-14(15)16)9(6-8)10(11,12)13/h2-6H,1H3/b5-4+. The molecular formula is C10H8F3NO3. The summed E-state index contributed by atoms with van der Waals surface area (Å²) in [7, 11) is 1.24. The van der Waals surface area contributed by atoms with Crippen molar-refractivity contribution >= 4 is 6.08 Å². The Morgan fingerprint density at radius 1 is 1.41 bits per heavy atom. The van der Waals surface area contributed by atoms with Gasteiger partial charge >= 0.3 is 6.18 Å². The lowest BCUT2D eigenvalue weighted by atomic mass is 10.1. The molecule has 1 rings (SSSR count). The van der Waals surface area contributed by atoms with Crippen molar-refractivity contribution in [3.8, 4) is 5.75 Å². The minimum Gasteiger partial charge on any atom is -0.497 e. The molecule has 0 N–H and O–H groups in total. The zero-order valence-corrected chi connectivity index (χ0v) is 8.69. The molecule has 17 heavy (non-hydrogen) atoms. The number of hydrogen-bond acceptors (Lipinski definition) is 3. The predicted molar refractivity (Wildman–Crippen MR) is 54.0 cm³/mol. The molecule has 7 heteroatoms. The largest absolute Gasteiger partial charge is 0.497 e. The minimum atomic E-state index is -4.59. The van der Waals surface area contributed by atoms with Gasteiger partial charge in [-0.3, -0.25) is 10.1 Å². The maximum atomic E-state index is 12.6. The molecule has 0 fully saturated rings. The van der Waals surface area contributed by atoms with Crippen LogP contribution in [-0.4, -0.2) is 12.0 Å². The molecular weight excluding hydrogens is 239 g/mol. The van der Waals surface area contributed by atoms with Crippen molar-refractivity contribution in [2.24, 2.45) is 0 Å². The summed E-state index contributed by atoms with van der Waals surface area (Å²) in [5.74, 6) is 0.0376. The molecule has 0 heterocycles. The van der Waals surface area contributed by atoms with Gasteiger partial charge in [-0.15, -0.1) is 0 Å². The number of nitrogens with zero attached hydrogens (tertiary/aromatic N) is 1. The summed E-state index contributed by atoms with van der Waals surface area (Å²) in [4.78, 5) is 9.24. The molecule has 0 saturated carbocycles. The average molecular weight is 247 g/mol. The lowest BCUT2D eigenvalue weighted by Crippen LogP contribution is -2.07. The molecule has 0 atom stereocenters. The van der Waals surface area contributed by atoms with Gasteiger partial charge in [0.2, 0.25) is 6.20 Å². The number of benzene rings is 1. The Morgan fingerprint density at radius 3 is 2.53 bits per heavy atom. The van der Waals surface area contributed by atoms with Gasteiger partial charge in [-0.2, -0.15) is 13.2 Å². The van der Waals surface area contributed by atoms with Crippen LogP contribution in [0, 0.1) is 10.1 Å². The average Bonchev–Trinajstić information content (AvgIpc) is 2.24. The van der Waals surface area contributed by atoms with Crippen LogP contribution >= 0.6 is 0 Å². The van der Waals surface area contributed by atoms with E-state index >= 15 is 0 Å². The van der Waals surface area contributed by atoms with Crippen LogP contribution in [0.5, 0.6) is 5.75 Å². The van der Waals surface area contributed by atoms with Crippen LogP contribution in [0.3, 0.4) is 0 Å². The zero-order valence-electron chi connectivity index (χ0n) is 8.69. The Hall–Kier alpha value is -2.05. The van der Waals surface area contributed by atoms with Crippen LogP contribution in [-0.2, 0) is 6.18 Å². The first-order valence-electron chi connectivity index (χ1n) is 4.41. The Morgan fingerprint density at radius 2 is 2.06 bits per heavy atom. The molecule has 0 aliphatic carbocycles. The van der Waals surface area contributed by atoms with Gasteiger partial charge in [0.1, 0.15) is 5.75 Å². The first-order chi connectivity index (χ1) is 7.84. The highest BCUT2D eigenvalue weighted by molar-refractivity contribution is 5.55. The Kier molecular flexibility index (Phi) is 3.72. The smallest absolute Gasteiger partial charge is 0.417 e. The first-order valence-corrected chi connectivity index (χ1v) is 4.41. The highest BCUT2D eigenvalue weighted by Crippen LogP contribution is 2.34. The fraction of sp³-hybridized carbons (Fsp3) is 0.200. The fourth-order valence-electron chi connectivity index (χ4n) is 1.19. The second-order valence-corrected chi connectivity index (χ2v) is 3.05. The van der Waals surface area contributed by atoms with Crippen LogP contribution in [0.2, 0.25) is 0 Å². The first kappa shape index (κ1) is 13.0. The van der Waals surface area contributed by atoms with Crippen molar-refractivity contribution in [3.63, 3.8) is 0 Å². The molecule has 0 radical (unpaired) electrons. The van der Waals surface area contributed by atoms with Gasteiger partial charge in [0.15, 0.2) is 0 Å². The monoisotopic (exact) mass is 247 g/mol. The molecule has 0 aromatic heterocycles. The van der Waals surface area contributed by atoms with E-state index in [4.69, 9.17) is 0 Å². The molecule has 0 saturated heterocycles. The number of hydrogen-bond donors (Lipinski definition) is 0. The quantitative estimate of drug-likeness (QED) is 0.609. The van der Waals surface area contributed by atoms with Crippen LogP contribution in [0.25, 0.3) is 6.08 Å². The van der Waals surface area contributed by atoms with Gasteiger partial charge in [0, 0.05) is 6.08 Å². The molecule has 0 spiro atoms. The zero-order chi connectivity index (χ0) is 13.1. The third-order valence-electron chi connectivity index (χ3n) is 1.94. The SMILES string of the molecule is COc1ccc(/C=C/[N+](=O)[O-])c(C(F)(F)F)c1. The van der Waals surface area contributed by atoms with Crippen molar-refractivity contribution in [1.29, 1.82) is 0 Å². The van der Waals surface area contributed by atoms with Gasteiger partial charge in [0.05, 0.1) is 17.6 Å². The van der Waals surface area contributed by atoms with Gasteiger partial charge in [0.25, 0.3) is 0 Å². The Balaban J connectivity index is 3.25. The summed E-state index contributed by atoms with van der Waals surface area (Å²) in [5, 5.41) is 10.1. The molecule has 0 bridgehead atoms. The lowest BCUT2D eigenvalue weighted by Gasteiger charge is -2.11. The van der Waals surface area contributed by atoms with E-state index in [1.807, 2.05) is 0 Å². The molecule has 1 aromatic rings. The van der Waals surface area contributed by atoms with Gasteiger partial charge < -0.3 is 4.74 Å². The molecule has 1 aromatic carbocycles. The van der Waals surface area contributed by atoms with Crippen molar-refractivity contribution in [2.75, 3.05) is 7.11 Å². The van der Waals surface area contributed by atoms with Gasteiger partial charge in [-0.25, -0.2) is 0 Å². The van der Waals surface area contributed by atoms with E-state index in [1.54, 1.807) is 0 Å². The van der Waals surface area contributed by atoms with Crippen molar-refractivity contribution in [1.82, 2.24) is 0 Å². The molecule has 0 unspecified atom stereocenters. The maximum absolute atomic E-state index is 12.6. The van der Waals surface area contributed by atoms with Crippen LogP contribution in [0.4, 0.5) is 13.2 Å². The Labute approximate surface area is 94.5 Å². The number of alkyl halides is 3. The summed E-state index contributed by atoms with van der Waals surface area (Å²) in [6.07, 6.45) is -3.34. The van der Waals surface area contributed by atoms with Crippen LogP contribution in [0.15, 0.2) is 24.4 Å². The second-order valence-electron chi connectivity index (χ2n) is 3.05. The van der Waals surface area contributed by atoms with Crippen molar-refractivity contribution in [3.05, 3.63) is 45.6 Å². The highest BCUT2D eigenvalue weighted by atomic mass is 19.4. The topological polar surface area (TPSA) is 52.4 Å². The summed E-state index contributed by atoms with van der Waals surface area (Å²) >= 11 is 0. The lowest BCUT2D eigenvalue weighted by molar-refractivity contribution is -0.400. The maximum Gasteiger partial charge on any atom is 0.417 e. The normalized spacial score (nSPS) is 11.8. The van der Waals surface area contributed by atoms with E-state index in [9.17, 15) is 23.3 Å². The van der Waals surface area contributed by atoms with Gasteiger partial charge in [-0.1, -0.05) is 6.07 Å². The van der Waals surface area contributed by atoms with E-state index in [-0.39, 0.29) is 11.3 Å². The van der Waals surface area contributed by atoms with Crippen molar-refractivity contribution < 1.29 is 22.8 Å². The molecule has 92 valence electrons. The van der Waals surface area contributed by atoms with Crippen LogP contribution < -0.4 is 4.74 Å². The number of nitro groups is 1. The summed E-state index contributed by atoms with van der Waals surface area (Å²) < 4.78 is 42.6. The van der Waals surface area contributed by atoms with E-state index in [0.29, 0.717) is 6.20 Å². The van der Waals surface area contributed by atoms with Crippen LogP contribution in [0.1, 0.15) is 11.1 Å². The fourth-order valence-corrected chi connectivity index (χ4v) is 1.19. The second kappa shape index (κ2) is 4.86. The van der Waals surface area contributed by atoms with E-state index < -0.39 is 16.7 Å². The molecule has 0 aliphatic heterocycles. The number of ether oxygens (including phenoxy) is 1. The third kappa shape index (κ3) is 3.47. The number of halogens is 3. The van der Waals surface area contributed by atoms with Crippen molar-refractivity contribution in [2.45, 2.75) is 6.18 Å². The van der Waals surface area contributed by atoms with E-state index in [2.05, 4.69) is 4.74 Å². The predicted octanol–water partition coefficient (Wildman–Crippen LogP) is 2.96. The Bertz CT molecular complexity index is 455. The third-order valence-corrected chi connectivity index (χ3v) is 1.94. The number of methoxy groups -OCH3 is 1.